The summed E-state index contributed by atoms with van der Waals surface area (Å²) in [6.45, 7) is 5.99. The second-order valence-corrected chi connectivity index (χ2v) is 5.58. The molecule has 0 saturated heterocycles. The Balaban J connectivity index is 2.45. The molecule has 22 heavy (non-hydrogen) atoms. The van der Waals surface area contributed by atoms with Crippen LogP contribution in [-0.2, 0) is 0 Å². The maximum absolute atomic E-state index is 13.0. The van der Waals surface area contributed by atoms with Crippen molar-refractivity contribution in [3.05, 3.63) is 63.4 Å². The average molecular weight is 293 g/mol. The Morgan fingerprint density at radius 3 is 2.50 bits per heavy atom. The summed E-state index contributed by atoms with van der Waals surface area (Å²) in [5.74, 6) is 0.551. The topological polar surface area (TPSA) is 46.9 Å². The van der Waals surface area contributed by atoms with Crippen molar-refractivity contribution in [2.75, 3.05) is 12.4 Å². The maximum Gasteiger partial charge on any atom is 0.267 e. The molecule has 0 fully saturated rings. The first-order valence-electron chi connectivity index (χ1n) is 7.30. The van der Waals surface area contributed by atoms with Crippen LogP contribution in [0.15, 0.2) is 41.2 Å². The number of hydrogen-bond donors (Lipinski definition) is 1. The van der Waals surface area contributed by atoms with Crippen molar-refractivity contribution < 1.29 is 0 Å². The lowest BCUT2D eigenvalue weighted by atomic mass is 10.1. The van der Waals surface area contributed by atoms with Crippen LogP contribution >= 0.6 is 0 Å². The zero-order chi connectivity index (χ0) is 15.9. The van der Waals surface area contributed by atoms with Gasteiger partial charge in [0.15, 0.2) is 0 Å². The molecule has 4 nitrogen and oxygen atoms in total. The summed E-state index contributed by atoms with van der Waals surface area (Å²) >= 11 is 0. The van der Waals surface area contributed by atoms with E-state index >= 15 is 0 Å². The molecule has 0 spiro atoms. The van der Waals surface area contributed by atoms with Gasteiger partial charge >= 0.3 is 0 Å². The Hall–Kier alpha value is -2.62. The van der Waals surface area contributed by atoms with E-state index in [-0.39, 0.29) is 5.56 Å². The van der Waals surface area contributed by atoms with Crippen LogP contribution in [0.2, 0.25) is 0 Å². The van der Waals surface area contributed by atoms with Crippen LogP contribution in [0.4, 0.5) is 5.95 Å². The number of benzene rings is 2. The van der Waals surface area contributed by atoms with E-state index in [0.29, 0.717) is 11.3 Å². The molecule has 1 heterocycles. The minimum atomic E-state index is -0.0422. The summed E-state index contributed by atoms with van der Waals surface area (Å²) in [6, 6.07) is 11.8. The van der Waals surface area contributed by atoms with Crippen molar-refractivity contribution in [3.8, 4) is 5.69 Å². The van der Waals surface area contributed by atoms with Crippen LogP contribution in [0.5, 0.6) is 0 Å². The fourth-order valence-electron chi connectivity index (χ4n) is 2.84. The molecule has 3 aromatic rings. The molecule has 0 aliphatic carbocycles. The number of anilines is 1. The molecular weight excluding hydrogens is 274 g/mol. The van der Waals surface area contributed by atoms with Crippen LogP contribution < -0.4 is 10.9 Å². The Bertz CT molecular complexity index is 925. The highest BCUT2D eigenvalue weighted by Crippen LogP contribution is 2.21. The fraction of sp³-hybridized carbons (Fsp3) is 0.222. The zero-order valence-electron chi connectivity index (χ0n) is 13.3. The summed E-state index contributed by atoms with van der Waals surface area (Å²) in [7, 11) is 1.78. The fourth-order valence-corrected chi connectivity index (χ4v) is 2.84. The standard InChI is InChI=1S/C18H19N3O/c1-11-8-9-15(13(3)10-11)21-17(22)16-12(2)6-5-7-14(16)20-18(21)19-4/h5-10H,1-4H3,(H,19,20). The molecule has 0 unspecified atom stereocenters. The highest BCUT2D eigenvalue weighted by atomic mass is 16.1. The predicted molar refractivity (Wildman–Crippen MR) is 91.1 cm³/mol. The number of aromatic nitrogens is 2. The molecule has 0 saturated carbocycles. The van der Waals surface area contributed by atoms with E-state index in [0.717, 1.165) is 22.3 Å². The van der Waals surface area contributed by atoms with E-state index in [1.54, 1.807) is 11.6 Å². The van der Waals surface area contributed by atoms with Gasteiger partial charge in [0, 0.05) is 7.05 Å². The molecule has 0 bridgehead atoms. The van der Waals surface area contributed by atoms with Crippen molar-refractivity contribution in [1.82, 2.24) is 9.55 Å². The SMILES string of the molecule is CNc1nc2cccc(C)c2c(=O)n1-c1ccc(C)cc1C. The van der Waals surface area contributed by atoms with Gasteiger partial charge in [-0.15, -0.1) is 0 Å². The van der Waals surface area contributed by atoms with Crippen molar-refractivity contribution in [3.63, 3.8) is 0 Å². The van der Waals surface area contributed by atoms with Gasteiger partial charge in [-0.1, -0.05) is 29.8 Å². The van der Waals surface area contributed by atoms with Crippen molar-refractivity contribution in [2.24, 2.45) is 0 Å². The van der Waals surface area contributed by atoms with E-state index in [1.165, 1.54) is 5.56 Å². The number of nitrogens with zero attached hydrogens (tertiary/aromatic N) is 2. The normalized spacial score (nSPS) is 10.9. The van der Waals surface area contributed by atoms with Crippen molar-refractivity contribution in [2.45, 2.75) is 20.8 Å². The van der Waals surface area contributed by atoms with Crippen LogP contribution in [0.1, 0.15) is 16.7 Å². The molecule has 0 aliphatic rings. The van der Waals surface area contributed by atoms with Gasteiger partial charge in [0.1, 0.15) is 0 Å². The van der Waals surface area contributed by atoms with E-state index in [2.05, 4.69) is 16.4 Å². The number of nitrogens with one attached hydrogen (secondary N) is 1. The quantitative estimate of drug-likeness (QED) is 0.788. The monoisotopic (exact) mass is 293 g/mol. The number of hydrogen-bond acceptors (Lipinski definition) is 3. The van der Waals surface area contributed by atoms with Gasteiger partial charge in [0.2, 0.25) is 5.95 Å². The Labute approximate surface area is 129 Å². The van der Waals surface area contributed by atoms with E-state index in [9.17, 15) is 4.79 Å². The summed E-state index contributed by atoms with van der Waals surface area (Å²) in [5, 5.41) is 3.71. The van der Waals surface area contributed by atoms with Gasteiger partial charge in [-0.25, -0.2) is 9.55 Å². The highest BCUT2D eigenvalue weighted by Gasteiger charge is 2.14. The van der Waals surface area contributed by atoms with Crippen molar-refractivity contribution >= 4 is 16.9 Å². The molecule has 0 atom stereocenters. The summed E-state index contributed by atoms with van der Waals surface area (Å²) in [6.07, 6.45) is 0. The summed E-state index contributed by atoms with van der Waals surface area (Å²) < 4.78 is 1.66. The van der Waals surface area contributed by atoms with Gasteiger partial charge in [-0.05, 0) is 44.0 Å². The molecule has 0 radical (unpaired) electrons. The molecule has 1 N–H and O–H groups in total. The number of fused-ring (bicyclic) bond motifs is 1. The molecule has 0 aliphatic heterocycles. The van der Waals surface area contributed by atoms with E-state index in [1.807, 2.05) is 51.1 Å². The minimum absolute atomic E-state index is 0.0422. The Morgan fingerprint density at radius 1 is 1.05 bits per heavy atom. The lowest BCUT2D eigenvalue weighted by Crippen LogP contribution is -2.24. The van der Waals surface area contributed by atoms with Gasteiger partial charge in [0.05, 0.1) is 16.6 Å². The van der Waals surface area contributed by atoms with Crippen LogP contribution in [0.25, 0.3) is 16.6 Å². The van der Waals surface area contributed by atoms with Crippen molar-refractivity contribution in [1.29, 1.82) is 0 Å². The minimum Gasteiger partial charge on any atom is -0.358 e. The van der Waals surface area contributed by atoms with E-state index < -0.39 is 0 Å². The van der Waals surface area contributed by atoms with Crippen LogP contribution in [0.3, 0.4) is 0 Å². The molecule has 2 aromatic carbocycles. The smallest absolute Gasteiger partial charge is 0.267 e. The van der Waals surface area contributed by atoms with Crippen LogP contribution in [0, 0.1) is 20.8 Å². The first-order valence-corrected chi connectivity index (χ1v) is 7.30. The molecule has 0 amide bonds. The largest absolute Gasteiger partial charge is 0.358 e. The summed E-state index contributed by atoms with van der Waals surface area (Å²) in [4.78, 5) is 17.7. The van der Waals surface area contributed by atoms with E-state index in [4.69, 9.17) is 0 Å². The maximum atomic E-state index is 13.0. The molecule has 1 aromatic heterocycles. The second kappa shape index (κ2) is 5.30. The first kappa shape index (κ1) is 14.3. The molecule has 112 valence electrons. The van der Waals surface area contributed by atoms with Gasteiger partial charge in [-0.2, -0.15) is 0 Å². The Morgan fingerprint density at radius 2 is 1.82 bits per heavy atom. The molecular formula is C18H19N3O. The summed E-state index contributed by atoms with van der Waals surface area (Å²) in [5.41, 5.74) is 4.70. The van der Waals surface area contributed by atoms with Gasteiger partial charge in [-0.3, -0.25) is 4.79 Å². The third kappa shape index (κ3) is 2.17. The third-order valence-electron chi connectivity index (χ3n) is 3.92. The average Bonchev–Trinajstić information content (AvgIpc) is 2.48. The first-order chi connectivity index (χ1) is 10.5. The zero-order valence-corrected chi connectivity index (χ0v) is 13.3. The molecule has 4 heteroatoms. The number of rotatable bonds is 2. The number of aryl methyl sites for hydroxylation is 3. The van der Waals surface area contributed by atoms with Crippen LogP contribution in [-0.4, -0.2) is 16.6 Å². The second-order valence-electron chi connectivity index (χ2n) is 5.58. The lowest BCUT2D eigenvalue weighted by molar-refractivity contribution is 0.955. The molecule has 3 rings (SSSR count). The Kier molecular flexibility index (Phi) is 3.45. The van der Waals surface area contributed by atoms with Gasteiger partial charge < -0.3 is 5.32 Å². The predicted octanol–water partition coefficient (Wildman–Crippen LogP) is 3.35. The third-order valence-corrected chi connectivity index (χ3v) is 3.92. The lowest BCUT2D eigenvalue weighted by Gasteiger charge is -2.16. The highest BCUT2D eigenvalue weighted by molar-refractivity contribution is 5.82. The van der Waals surface area contributed by atoms with Gasteiger partial charge in [0.25, 0.3) is 5.56 Å².